The summed E-state index contributed by atoms with van der Waals surface area (Å²) in [6.45, 7) is 0.534. The third-order valence-electron chi connectivity index (χ3n) is 3.39. The minimum absolute atomic E-state index is 0.0323. The van der Waals surface area contributed by atoms with Gasteiger partial charge in [0.2, 0.25) is 0 Å². The van der Waals surface area contributed by atoms with Crippen LogP contribution in [0.1, 0.15) is 11.1 Å². The molecule has 0 aliphatic carbocycles. The molecule has 0 radical (unpaired) electrons. The quantitative estimate of drug-likeness (QED) is 0.939. The number of benzene rings is 2. The fourth-order valence-corrected chi connectivity index (χ4v) is 2.58. The number of ether oxygens (including phenoxy) is 1. The van der Waals surface area contributed by atoms with Crippen molar-refractivity contribution >= 4 is 17.3 Å². The van der Waals surface area contributed by atoms with Crippen LogP contribution in [0.4, 0.5) is 10.1 Å². The van der Waals surface area contributed by atoms with Gasteiger partial charge in [0.1, 0.15) is 23.7 Å². The second kappa shape index (κ2) is 5.63. The monoisotopic (exact) mass is 302 g/mol. The average molecular weight is 303 g/mol. The maximum atomic E-state index is 13.1. The minimum atomic E-state index is -0.420. The molecule has 106 valence electrons. The number of fused-ring (bicyclic) bond motifs is 1. The van der Waals surface area contributed by atoms with Gasteiger partial charge in [0.15, 0.2) is 0 Å². The first kappa shape index (κ1) is 13.7. The zero-order valence-electron chi connectivity index (χ0n) is 11.1. The maximum Gasteiger partial charge on any atom is 0.124 e. The molecule has 1 aliphatic heterocycles. The molecule has 21 heavy (non-hydrogen) atoms. The van der Waals surface area contributed by atoms with Crippen LogP contribution < -0.4 is 10.1 Å². The number of hydrogen-bond donors (Lipinski definition) is 1. The lowest BCUT2D eigenvalue weighted by molar-refractivity contribution is 0.246. The average Bonchev–Trinajstić information content (AvgIpc) is 2.87. The van der Waals surface area contributed by atoms with Gasteiger partial charge < -0.3 is 10.1 Å². The Labute approximate surface area is 126 Å². The first-order valence-electron chi connectivity index (χ1n) is 6.54. The molecule has 0 saturated heterocycles. The summed E-state index contributed by atoms with van der Waals surface area (Å²) < 4.78 is 18.9. The summed E-state index contributed by atoms with van der Waals surface area (Å²) in [5.74, 6) is 0.419. The normalized spacial score (nSPS) is 16.0. The summed E-state index contributed by atoms with van der Waals surface area (Å²) in [5.41, 5.74) is 1.97. The van der Waals surface area contributed by atoms with Gasteiger partial charge in [-0.1, -0.05) is 11.6 Å². The van der Waals surface area contributed by atoms with Gasteiger partial charge in [-0.25, -0.2) is 4.39 Å². The SMILES string of the molecule is N#Cc1cc(F)ccc1NCC1Cc2cc(Cl)ccc2O1. The van der Waals surface area contributed by atoms with Gasteiger partial charge in [0.05, 0.1) is 17.8 Å². The minimum Gasteiger partial charge on any atom is -0.488 e. The summed E-state index contributed by atoms with van der Waals surface area (Å²) in [5, 5.41) is 12.8. The third kappa shape index (κ3) is 2.93. The molecule has 0 spiro atoms. The van der Waals surface area contributed by atoms with Crippen LogP contribution >= 0.6 is 11.6 Å². The summed E-state index contributed by atoms with van der Waals surface area (Å²) in [4.78, 5) is 0. The second-order valence-corrected chi connectivity index (χ2v) is 5.32. The number of halogens is 2. The predicted molar refractivity (Wildman–Crippen MR) is 79.2 cm³/mol. The van der Waals surface area contributed by atoms with Gasteiger partial charge in [-0.2, -0.15) is 5.26 Å². The van der Waals surface area contributed by atoms with Gasteiger partial charge in [-0.15, -0.1) is 0 Å². The van der Waals surface area contributed by atoms with Crippen molar-refractivity contribution < 1.29 is 9.13 Å². The molecule has 1 unspecified atom stereocenters. The Morgan fingerprint density at radius 2 is 2.19 bits per heavy atom. The Hall–Kier alpha value is -2.25. The van der Waals surface area contributed by atoms with E-state index >= 15 is 0 Å². The van der Waals surface area contributed by atoms with E-state index in [1.807, 2.05) is 18.2 Å². The van der Waals surface area contributed by atoms with Crippen LogP contribution in [0.25, 0.3) is 0 Å². The largest absolute Gasteiger partial charge is 0.488 e. The lowest BCUT2D eigenvalue weighted by atomic mass is 10.1. The van der Waals surface area contributed by atoms with E-state index in [2.05, 4.69) is 5.32 Å². The van der Waals surface area contributed by atoms with Crippen molar-refractivity contribution in [3.8, 4) is 11.8 Å². The van der Waals surface area contributed by atoms with Crippen LogP contribution in [0, 0.1) is 17.1 Å². The van der Waals surface area contributed by atoms with Gasteiger partial charge in [0.25, 0.3) is 0 Å². The van der Waals surface area contributed by atoms with E-state index in [-0.39, 0.29) is 11.7 Å². The summed E-state index contributed by atoms with van der Waals surface area (Å²) in [6.07, 6.45) is 0.724. The van der Waals surface area contributed by atoms with Crippen LogP contribution in [-0.4, -0.2) is 12.6 Å². The molecule has 2 aromatic rings. The van der Waals surface area contributed by atoms with Crippen molar-refractivity contribution in [2.24, 2.45) is 0 Å². The van der Waals surface area contributed by atoms with Gasteiger partial charge in [-0.05, 0) is 42.0 Å². The number of nitrogens with one attached hydrogen (secondary N) is 1. The number of nitrogens with zero attached hydrogens (tertiary/aromatic N) is 1. The molecule has 3 nitrogen and oxygen atoms in total. The Balaban J connectivity index is 1.67. The molecule has 3 rings (SSSR count). The molecule has 5 heteroatoms. The van der Waals surface area contributed by atoms with Crippen molar-refractivity contribution in [2.75, 3.05) is 11.9 Å². The number of hydrogen-bond acceptors (Lipinski definition) is 3. The number of rotatable bonds is 3. The van der Waals surface area contributed by atoms with Crippen molar-refractivity contribution in [2.45, 2.75) is 12.5 Å². The standard InChI is InChI=1S/C16H12ClFN2O/c17-12-1-4-16-10(5-12)7-14(21-16)9-20-15-3-2-13(18)6-11(15)8-19/h1-6,14,20H,7,9H2. The van der Waals surface area contributed by atoms with E-state index in [4.69, 9.17) is 21.6 Å². The van der Waals surface area contributed by atoms with E-state index in [9.17, 15) is 4.39 Å². The summed E-state index contributed by atoms with van der Waals surface area (Å²) in [6, 6.07) is 11.6. The Kier molecular flexibility index (Phi) is 3.68. The number of anilines is 1. The maximum absolute atomic E-state index is 13.1. The Morgan fingerprint density at radius 3 is 3.00 bits per heavy atom. The van der Waals surface area contributed by atoms with Gasteiger partial charge in [0, 0.05) is 11.4 Å². The zero-order valence-corrected chi connectivity index (χ0v) is 11.8. The molecule has 1 heterocycles. The highest BCUT2D eigenvalue weighted by Crippen LogP contribution is 2.31. The van der Waals surface area contributed by atoms with Gasteiger partial charge >= 0.3 is 0 Å². The molecule has 2 aromatic carbocycles. The van der Waals surface area contributed by atoms with E-state index in [0.29, 0.717) is 17.3 Å². The first-order valence-corrected chi connectivity index (χ1v) is 6.92. The molecular formula is C16H12ClFN2O. The molecule has 0 amide bonds. The van der Waals surface area contributed by atoms with Crippen LogP contribution in [0.15, 0.2) is 36.4 Å². The summed E-state index contributed by atoms with van der Waals surface area (Å²) >= 11 is 5.96. The molecule has 0 fully saturated rings. The van der Waals surface area contributed by atoms with E-state index in [1.165, 1.54) is 12.1 Å². The molecular weight excluding hydrogens is 291 g/mol. The predicted octanol–water partition coefficient (Wildman–Crippen LogP) is 3.77. The van der Waals surface area contributed by atoms with Crippen LogP contribution in [-0.2, 0) is 6.42 Å². The van der Waals surface area contributed by atoms with Crippen LogP contribution in [0.5, 0.6) is 5.75 Å². The smallest absolute Gasteiger partial charge is 0.124 e. The second-order valence-electron chi connectivity index (χ2n) is 4.88. The molecule has 0 bridgehead atoms. The Morgan fingerprint density at radius 1 is 1.33 bits per heavy atom. The molecule has 1 atom stereocenters. The van der Waals surface area contributed by atoms with Crippen LogP contribution in [0.2, 0.25) is 5.02 Å². The Bertz CT molecular complexity index is 727. The number of nitriles is 1. The molecule has 1 N–H and O–H groups in total. The third-order valence-corrected chi connectivity index (χ3v) is 3.62. The highest BCUT2D eigenvalue weighted by atomic mass is 35.5. The summed E-state index contributed by atoms with van der Waals surface area (Å²) in [7, 11) is 0. The van der Waals surface area contributed by atoms with Crippen molar-refractivity contribution in [1.82, 2.24) is 0 Å². The van der Waals surface area contributed by atoms with E-state index in [0.717, 1.165) is 17.7 Å². The lowest BCUT2D eigenvalue weighted by Gasteiger charge is -2.13. The molecule has 1 aliphatic rings. The fraction of sp³-hybridized carbons (Fsp3) is 0.188. The van der Waals surface area contributed by atoms with Crippen molar-refractivity contribution in [1.29, 1.82) is 5.26 Å². The van der Waals surface area contributed by atoms with Crippen molar-refractivity contribution in [3.63, 3.8) is 0 Å². The molecule has 0 aromatic heterocycles. The van der Waals surface area contributed by atoms with E-state index < -0.39 is 5.82 Å². The van der Waals surface area contributed by atoms with Crippen molar-refractivity contribution in [3.05, 3.63) is 58.4 Å². The highest BCUT2D eigenvalue weighted by Gasteiger charge is 2.23. The fourth-order valence-electron chi connectivity index (χ4n) is 2.39. The van der Waals surface area contributed by atoms with E-state index in [1.54, 1.807) is 12.1 Å². The van der Waals surface area contributed by atoms with Crippen LogP contribution in [0.3, 0.4) is 0 Å². The highest BCUT2D eigenvalue weighted by molar-refractivity contribution is 6.30. The first-order chi connectivity index (χ1) is 10.2. The zero-order chi connectivity index (χ0) is 14.8. The molecule has 0 saturated carbocycles. The lowest BCUT2D eigenvalue weighted by Crippen LogP contribution is -2.24. The van der Waals surface area contributed by atoms with Gasteiger partial charge in [-0.3, -0.25) is 0 Å². The topological polar surface area (TPSA) is 45.0 Å².